The van der Waals surface area contributed by atoms with E-state index in [0.29, 0.717) is 6.04 Å². The van der Waals surface area contributed by atoms with Gasteiger partial charge >= 0.3 is 0 Å². The molecule has 0 spiro atoms. The average molecular weight is 281 g/mol. The quantitative estimate of drug-likeness (QED) is 0.879. The van der Waals surface area contributed by atoms with Gasteiger partial charge in [0, 0.05) is 5.69 Å². The molecule has 1 N–H and O–H groups in total. The lowest BCUT2D eigenvalue weighted by molar-refractivity contribution is 0.414. The van der Waals surface area contributed by atoms with E-state index in [1.807, 2.05) is 0 Å². The van der Waals surface area contributed by atoms with Crippen molar-refractivity contribution in [2.45, 2.75) is 39.7 Å². The molecule has 21 heavy (non-hydrogen) atoms. The molecule has 0 aromatic heterocycles. The van der Waals surface area contributed by atoms with Gasteiger partial charge in [-0.2, -0.15) is 0 Å². The van der Waals surface area contributed by atoms with E-state index >= 15 is 0 Å². The van der Waals surface area contributed by atoms with E-state index in [9.17, 15) is 0 Å². The summed E-state index contributed by atoms with van der Waals surface area (Å²) in [5.74, 6) is 0.944. The molecule has 0 saturated heterocycles. The molecule has 2 nitrogen and oxygen atoms in total. The fourth-order valence-electron chi connectivity index (χ4n) is 3.44. The number of hydrogen-bond acceptors (Lipinski definition) is 2. The maximum absolute atomic E-state index is 5.37. The van der Waals surface area contributed by atoms with Crippen molar-refractivity contribution >= 4 is 5.69 Å². The molecule has 0 saturated carbocycles. The Bertz CT molecular complexity index is 652. The van der Waals surface area contributed by atoms with Crippen molar-refractivity contribution in [3.05, 3.63) is 58.1 Å². The van der Waals surface area contributed by atoms with Gasteiger partial charge in [-0.15, -0.1) is 0 Å². The summed E-state index contributed by atoms with van der Waals surface area (Å²) in [7, 11) is 1.73. The van der Waals surface area contributed by atoms with Gasteiger partial charge in [-0.05, 0) is 68.0 Å². The van der Waals surface area contributed by atoms with Crippen molar-refractivity contribution in [2.75, 3.05) is 12.4 Å². The van der Waals surface area contributed by atoms with Gasteiger partial charge in [-0.25, -0.2) is 0 Å². The molecule has 2 heteroatoms. The highest BCUT2D eigenvalue weighted by Gasteiger charge is 2.23. The van der Waals surface area contributed by atoms with Crippen LogP contribution in [-0.4, -0.2) is 7.11 Å². The molecule has 0 radical (unpaired) electrons. The number of methoxy groups -OCH3 is 1. The summed E-state index contributed by atoms with van der Waals surface area (Å²) >= 11 is 0. The summed E-state index contributed by atoms with van der Waals surface area (Å²) in [6.07, 6.45) is 2.29. The highest BCUT2D eigenvalue weighted by molar-refractivity contribution is 5.60. The molecule has 1 atom stereocenters. The van der Waals surface area contributed by atoms with Crippen LogP contribution < -0.4 is 10.1 Å². The second-order valence-corrected chi connectivity index (χ2v) is 6.07. The predicted molar refractivity (Wildman–Crippen MR) is 88.3 cm³/mol. The minimum absolute atomic E-state index is 0.384. The molecule has 1 aliphatic carbocycles. The molecule has 0 amide bonds. The van der Waals surface area contributed by atoms with Crippen LogP contribution in [-0.2, 0) is 6.42 Å². The lowest BCUT2D eigenvalue weighted by Crippen LogP contribution is -2.09. The van der Waals surface area contributed by atoms with Crippen LogP contribution in [0.15, 0.2) is 30.3 Å². The monoisotopic (exact) mass is 281 g/mol. The summed E-state index contributed by atoms with van der Waals surface area (Å²) in [6, 6.07) is 11.3. The van der Waals surface area contributed by atoms with Crippen molar-refractivity contribution in [3.8, 4) is 5.75 Å². The number of hydrogen-bond donors (Lipinski definition) is 1. The number of rotatable bonds is 3. The lowest BCUT2D eigenvalue weighted by atomic mass is 10.0. The molecule has 0 bridgehead atoms. The Labute approximate surface area is 127 Å². The highest BCUT2D eigenvalue weighted by atomic mass is 16.5. The lowest BCUT2D eigenvalue weighted by Gasteiger charge is -2.20. The zero-order chi connectivity index (χ0) is 15.0. The second kappa shape index (κ2) is 5.44. The van der Waals surface area contributed by atoms with E-state index in [1.165, 1.54) is 33.5 Å². The van der Waals surface area contributed by atoms with E-state index in [1.54, 1.807) is 7.11 Å². The van der Waals surface area contributed by atoms with Gasteiger partial charge in [0.15, 0.2) is 0 Å². The molecule has 2 aromatic rings. The minimum atomic E-state index is 0.384. The predicted octanol–water partition coefficient (Wildman–Crippen LogP) is 4.72. The molecule has 0 aliphatic heterocycles. The van der Waals surface area contributed by atoms with Crippen LogP contribution >= 0.6 is 0 Å². The minimum Gasteiger partial charge on any atom is -0.497 e. The molecule has 0 heterocycles. The Hall–Kier alpha value is -1.96. The SMILES string of the molecule is COc1ccc2c(c1)C(Nc1c(C)cc(C)cc1C)CC2. The van der Waals surface area contributed by atoms with Crippen molar-refractivity contribution in [2.24, 2.45) is 0 Å². The summed E-state index contributed by atoms with van der Waals surface area (Å²) < 4.78 is 5.37. The first kappa shape index (κ1) is 14.0. The topological polar surface area (TPSA) is 21.3 Å². The van der Waals surface area contributed by atoms with Crippen molar-refractivity contribution in [3.63, 3.8) is 0 Å². The number of nitrogens with one attached hydrogen (secondary N) is 1. The summed E-state index contributed by atoms with van der Waals surface area (Å²) in [5.41, 5.74) is 8.07. The number of fused-ring (bicyclic) bond motifs is 1. The highest BCUT2D eigenvalue weighted by Crippen LogP contribution is 2.37. The molecule has 110 valence electrons. The number of benzene rings is 2. The Morgan fingerprint density at radius 2 is 1.76 bits per heavy atom. The number of ether oxygens (including phenoxy) is 1. The summed E-state index contributed by atoms with van der Waals surface area (Å²) in [5, 5.41) is 3.76. The number of aryl methyl sites for hydroxylation is 4. The van der Waals surface area contributed by atoms with Crippen molar-refractivity contribution in [1.29, 1.82) is 0 Å². The van der Waals surface area contributed by atoms with Crippen LogP contribution in [0.3, 0.4) is 0 Å². The standard InChI is InChI=1S/C19H23NO/c1-12-9-13(2)19(14(3)10-12)20-18-8-6-15-5-7-16(21-4)11-17(15)18/h5,7,9-11,18,20H,6,8H2,1-4H3. The molecule has 0 fully saturated rings. The van der Waals surface area contributed by atoms with E-state index < -0.39 is 0 Å². The smallest absolute Gasteiger partial charge is 0.119 e. The first-order valence-electron chi connectivity index (χ1n) is 7.59. The zero-order valence-corrected chi connectivity index (χ0v) is 13.3. The zero-order valence-electron chi connectivity index (χ0n) is 13.3. The van der Waals surface area contributed by atoms with Gasteiger partial charge in [0.05, 0.1) is 13.2 Å². The molecule has 3 rings (SSSR count). The summed E-state index contributed by atoms with van der Waals surface area (Å²) in [6.45, 7) is 6.52. The molecule has 1 aliphatic rings. The van der Waals surface area contributed by atoms with Gasteiger partial charge in [-0.1, -0.05) is 23.8 Å². The maximum atomic E-state index is 5.37. The van der Waals surface area contributed by atoms with E-state index in [-0.39, 0.29) is 0 Å². The number of anilines is 1. The first-order valence-corrected chi connectivity index (χ1v) is 7.59. The fourth-order valence-corrected chi connectivity index (χ4v) is 3.44. The van der Waals surface area contributed by atoms with Crippen LogP contribution in [0.25, 0.3) is 0 Å². The fraction of sp³-hybridized carbons (Fsp3) is 0.368. The van der Waals surface area contributed by atoms with Crippen LogP contribution in [0.1, 0.15) is 40.3 Å². The Morgan fingerprint density at radius 3 is 2.43 bits per heavy atom. The van der Waals surface area contributed by atoms with Crippen LogP contribution in [0.2, 0.25) is 0 Å². The van der Waals surface area contributed by atoms with E-state index in [0.717, 1.165) is 18.6 Å². The van der Waals surface area contributed by atoms with Gasteiger partial charge in [0.1, 0.15) is 5.75 Å². The Morgan fingerprint density at radius 1 is 1.05 bits per heavy atom. The van der Waals surface area contributed by atoms with Crippen molar-refractivity contribution in [1.82, 2.24) is 0 Å². The van der Waals surface area contributed by atoms with Crippen LogP contribution in [0, 0.1) is 20.8 Å². The molecule has 1 unspecified atom stereocenters. The van der Waals surface area contributed by atoms with Crippen LogP contribution in [0.4, 0.5) is 5.69 Å². The van der Waals surface area contributed by atoms with Gasteiger partial charge in [-0.3, -0.25) is 0 Å². The third-order valence-corrected chi connectivity index (χ3v) is 4.43. The molecular formula is C19H23NO. The van der Waals surface area contributed by atoms with Crippen molar-refractivity contribution < 1.29 is 4.74 Å². The van der Waals surface area contributed by atoms with Gasteiger partial charge in [0.2, 0.25) is 0 Å². The third-order valence-electron chi connectivity index (χ3n) is 4.43. The maximum Gasteiger partial charge on any atom is 0.119 e. The van der Waals surface area contributed by atoms with Gasteiger partial charge < -0.3 is 10.1 Å². The third kappa shape index (κ3) is 2.63. The van der Waals surface area contributed by atoms with E-state index in [4.69, 9.17) is 4.74 Å². The van der Waals surface area contributed by atoms with Crippen LogP contribution in [0.5, 0.6) is 5.75 Å². The molecule has 2 aromatic carbocycles. The largest absolute Gasteiger partial charge is 0.497 e. The molecular weight excluding hydrogens is 258 g/mol. The van der Waals surface area contributed by atoms with Gasteiger partial charge in [0.25, 0.3) is 0 Å². The normalized spacial score (nSPS) is 16.7. The van der Waals surface area contributed by atoms with E-state index in [2.05, 4.69) is 56.4 Å². The second-order valence-electron chi connectivity index (χ2n) is 6.07. The first-order chi connectivity index (χ1) is 10.1. The Kier molecular flexibility index (Phi) is 3.62. The average Bonchev–Trinajstić information content (AvgIpc) is 2.84. The summed E-state index contributed by atoms with van der Waals surface area (Å²) in [4.78, 5) is 0. The Balaban J connectivity index is 1.92.